The fraction of sp³-hybridized carbons (Fsp3) is 0.800. The van der Waals surface area contributed by atoms with Gasteiger partial charge in [0, 0.05) is 12.3 Å². The molecule has 0 bridgehead atoms. The summed E-state index contributed by atoms with van der Waals surface area (Å²) in [7, 11) is 0. The van der Waals surface area contributed by atoms with Gasteiger partial charge in [0.2, 0.25) is 0 Å². The molecule has 0 aromatic carbocycles. The summed E-state index contributed by atoms with van der Waals surface area (Å²) in [6.45, 7) is 6.58. The van der Waals surface area contributed by atoms with Gasteiger partial charge in [-0.25, -0.2) is 0 Å². The minimum atomic E-state index is -1.49. The van der Waals surface area contributed by atoms with Gasteiger partial charge in [0.1, 0.15) is 11.4 Å². The topological polar surface area (TPSA) is 66.8 Å². The molecular weight excluding hydrogens is 244 g/mol. The first-order valence-corrected chi connectivity index (χ1v) is 7.02. The Morgan fingerprint density at radius 1 is 1.32 bits per heavy atom. The van der Waals surface area contributed by atoms with Crippen LogP contribution < -0.4 is 0 Å². The van der Waals surface area contributed by atoms with Crippen LogP contribution in [0.4, 0.5) is 0 Å². The average Bonchev–Trinajstić information content (AvgIpc) is 2.74. The Morgan fingerprint density at radius 3 is 2.68 bits per heavy atom. The molecule has 2 aliphatic carbocycles. The molecular formula is C15H22O4. The van der Waals surface area contributed by atoms with Crippen molar-refractivity contribution in [3.8, 4) is 0 Å². The van der Waals surface area contributed by atoms with Crippen LogP contribution in [0, 0.1) is 17.3 Å². The van der Waals surface area contributed by atoms with E-state index >= 15 is 0 Å². The fourth-order valence-corrected chi connectivity index (χ4v) is 4.04. The average molecular weight is 266 g/mol. The lowest BCUT2D eigenvalue weighted by Crippen LogP contribution is -2.42. The smallest absolute Gasteiger partial charge is 0.188 e. The molecule has 1 aliphatic heterocycles. The number of ether oxygens (including phenoxy) is 1. The molecule has 0 amide bonds. The maximum absolute atomic E-state index is 12.3. The lowest BCUT2D eigenvalue weighted by Gasteiger charge is -2.26. The summed E-state index contributed by atoms with van der Waals surface area (Å²) < 4.78 is 5.21. The van der Waals surface area contributed by atoms with Crippen molar-refractivity contribution in [2.75, 3.05) is 6.61 Å². The second kappa shape index (κ2) is 3.90. The lowest BCUT2D eigenvalue weighted by molar-refractivity contribution is -0.162. The maximum atomic E-state index is 12.3. The van der Waals surface area contributed by atoms with Crippen LogP contribution in [-0.4, -0.2) is 34.5 Å². The SMILES string of the molecule is C[C@@H]1C(=O)C[C@]2(O)C(=C3CC(C)(C)C[C@@H]31)CO[C@H]2O. The number of hydrogen-bond acceptors (Lipinski definition) is 4. The van der Waals surface area contributed by atoms with Crippen LogP contribution in [-0.2, 0) is 9.53 Å². The molecule has 2 N–H and O–H groups in total. The van der Waals surface area contributed by atoms with E-state index in [9.17, 15) is 15.0 Å². The molecule has 0 unspecified atom stereocenters. The van der Waals surface area contributed by atoms with E-state index in [1.54, 1.807) is 0 Å². The van der Waals surface area contributed by atoms with Crippen LogP contribution in [0.1, 0.15) is 40.0 Å². The van der Waals surface area contributed by atoms with Crippen molar-refractivity contribution in [1.82, 2.24) is 0 Å². The number of Topliss-reactive ketones (excluding diaryl/α,β-unsaturated/α-hetero) is 1. The zero-order chi connectivity index (χ0) is 14.0. The first-order valence-electron chi connectivity index (χ1n) is 7.02. The van der Waals surface area contributed by atoms with Crippen LogP contribution in [0.2, 0.25) is 0 Å². The molecule has 0 radical (unpaired) electrons. The van der Waals surface area contributed by atoms with Gasteiger partial charge in [0.15, 0.2) is 6.29 Å². The molecule has 1 saturated heterocycles. The van der Waals surface area contributed by atoms with E-state index in [0.29, 0.717) is 0 Å². The van der Waals surface area contributed by atoms with E-state index in [4.69, 9.17) is 4.74 Å². The highest BCUT2D eigenvalue weighted by atomic mass is 16.6. The van der Waals surface area contributed by atoms with Crippen molar-refractivity contribution in [2.24, 2.45) is 17.3 Å². The summed E-state index contributed by atoms with van der Waals surface area (Å²) in [5.74, 6) is 0.147. The zero-order valence-corrected chi connectivity index (χ0v) is 11.8. The predicted molar refractivity (Wildman–Crippen MR) is 69.2 cm³/mol. The molecule has 4 nitrogen and oxygen atoms in total. The highest BCUT2D eigenvalue weighted by Gasteiger charge is 2.55. The molecule has 0 spiro atoms. The molecule has 106 valence electrons. The summed E-state index contributed by atoms with van der Waals surface area (Å²) >= 11 is 0. The number of carbonyl (C=O) groups is 1. The van der Waals surface area contributed by atoms with Crippen molar-refractivity contribution in [1.29, 1.82) is 0 Å². The molecule has 0 aromatic heterocycles. The number of carbonyl (C=O) groups excluding carboxylic acids is 1. The Balaban J connectivity index is 2.14. The van der Waals surface area contributed by atoms with Crippen molar-refractivity contribution < 1.29 is 19.7 Å². The van der Waals surface area contributed by atoms with Gasteiger partial charge in [-0.15, -0.1) is 0 Å². The third kappa shape index (κ3) is 1.81. The largest absolute Gasteiger partial charge is 0.380 e. The van der Waals surface area contributed by atoms with Crippen molar-refractivity contribution in [2.45, 2.75) is 51.9 Å². The zero-order valence-electron chi connectivity index (χ0n) is 11.8. The highest BCUT2D eigenvalue weighted by Crippen LogP contribution is 2.54. The third-order valence-electron chi connectivity index (χ3n) is 5.15. The number of fused-ring (bicyclic) bond motifs is 2. The van der Waals surface area contributed by atoms with Gasteiger partial charge in [0.25, 0.3) is 0 Å². The fourth-order valence-electron chi connectivity index (χ4n) is 4.04. The molecule has 1 heterocycles. The van der Waals surface area contributed by atoms with Gasteiger partial charge in [-0.3, -0.25) is 4.79 Å². The minimum Gasteiger partial charge on any atom is -0.380 e. The normalized spacial score (nSPS) is 45.1. The van der Waals surface area contributed by atoms with Crippen LogP contribution in [0.25, 0.3) is 0 Å². The first kappa shape index (κ1) is 13.3. The van der Waals surface area contributed by atoms with E-state index in [1.807, 2.05) is 6.92 Å². The number of allylic oxidation sites excluding steroid dienone is 1. The van der Waals surface area contributed by atoms with E-state index < -0.39 is 11.9 Å². The second-order valence-corrected chi connectivity index (χ2v) is 7.17. The Kier molecular flexibility index (Phi) is 2.73. The van der Waals surface area contributed by atoms with Gasteiger partial charge in [-0.05, 0) is 29.7 Å². The summed E-state index contributed by atoms with van der Waals surface area (Å²) in [5, 5.41) is 20.6. The van der Waals surface area contributed by atoms with E-state index in [-0.39, 0.29) is 36.1 Å². The molecule has 1 saturated carbocycles. The number of ketones is 1. The van der Waals surface area contributed by atoms with Gasteiger partial charge in [-0.2, -0.15) is 0 Å². The first-order chi connectivity index (χ1) is 8.74. The summed E-state index contributed by atoms with van der Waals surface area (Å²) in [5.41, 5.74) is 0.582. The summed E-state index contributed by atoms with van der Waals surface area (Å²) in [6, 6.07) is 0. The minimum absolute atomic E-state index is 0.0227. The van der Waals surface area contributed by atoms with Gasteiger partial charge < -0.3 is 14.9 Å². The Labute approximate surface area is 113 Å². The maximum Gasteiger partial charge on any atom is 0.188 e. The van der Waals surface area contributed by atoms with Gasteiger partial charge in [-0.1, -0.05) is 26.3 Å². The van der Waals surface area contributed by atoms with Crippen LogP contribution in [0.15, 0.2) is 11.1 Å². The molecule has 0 aromatic rings. The quantitative estimate of drug-likeness (QED) is 0.651. The van der Waals surface area contributed by atoms with Crippen molar-refractivity contribution >= 4 is 5.78 Å². The van der Waals surface area contributed by atoms with E-state index in [2.05, 4.69) is 13.8 Å². The standard InChI is InChI=1S/C15H22O4/c1-8-9-4-14(2,3)5-10(9)11-7-19-13(17)15(11,18)6-12(8)16/h8-9,13,17-18H,4-7H2,1-3H3/t8-,9+,13+,15-/m0/s1. The predicted octanol–water partition coefficient (Wildman–Crippen LogP) is 1.41. The second-order valence-electron chi connectivity index (χ2n) is 7.17. The highest BCUT2D eigenvalue weighted by molar-refractivity contribution is 5.84. The summed E-state index contributed by atoms with van der Waals surface area (Å²) in [4.78, 5) is 12.3. The van der Waals surface area contributed by atoms with Crippen molar-refractivity contribution in [3.05, 3.63) is 11.1 Å². The Bertz CT molecular complexity index is 465. The lowest BCUT2D eigenvalue weighted by atomic mass is 9.83. The Hall–Kier alpha value is -0.710. The van der Waals surface area contributed by atoms with Gasteiger partial charge >= 0.3 is 0 Å². The molecule has 2 fully saturated rings. The monoisotopic (exact) mass is 266 g/mol. The Morgan fingerprint density at radius 2 is 2.00 bits per heavy atom. The third-order valence-corrected chi connectivity index (χ3v) is 5.15. The molecule has 4 heteroatoms. The van der Waals surface area contributed by atoms with E-state index in [0.717, 1.165) is 24.0 Å². The van der Waals surface area contributed by atoms with Crippen LogP contribution in [0.5, 0.6) is 0 Å². The number of hydrogen-bond donors (Lipinski definition) is 2. The molecule has 19 heavy (non-hydrogen) atoms. The van der Waals surface area contributed by atoms with E-state index in [1.165, 1.54) is 0 Å². The van der Waals surface area contributed by atoms with Gasteiger partial charge in [0.05, 0.1) is 6.61 Å². The van der Waals surface area contributed by atoms with Crippen LogP contribution >= 0.6 is 0 Å². The number of rotatable bonds is 0. The van der Waals surface area contributed by atoms with Crippen molar-refractivity contribution in [3.63, 3.8) is 0 Å². The number of aliphatic hydroxyl groups is 2. The molecule has 3 aliphatic rings. The molecule has 3 rings (SSSR count). The summed E-state index contributed by atoms with van der Waals surface area (Å²) in [6.07, 6.45) is 0.549. The number of aliphatic hydroxyl groups excluding tert-OH is 1. The molecule has 4 atom stereocenters. The van der Waals surface area contributed by atoms with Crippen LogP contribution in [0.3, 0.4) is 0 Å².